The molecule has 2 rings (SSSR count). The van der Waals surface area contributed by atoms with Gasteiger partial charge in [0.1, 0.15) is 17.2 Å². The highest BCUT2D eigenvalue weighted by Crippen LogP contribution is 2.27. The molecule has 0 fully saturated rings. The minimum absolute atomic E-state index is 0.00416. The van der Waals surface area contributed by atoms with Crippen molar-refractivity contribution >= 4 is 39.6 Å². The van der Waals surface area contributed by atoms with Gasteiger partial charge in [0.2, 0.25) is 5.91 Å². The van der Waals surface area contributed by atoms with E-state index in [4.69, 9.17) is 9.84 Å². The number of carboxylic acid groups (broad SMARTS) is 1. The van der Waals surface area contributed by atoms with Crippen molar-refractivity contribution in [3.63, 3.8) is 0 Å². The van der Waals surface area contributed by atoms with Gasteiger partial charge >= 0.3 is 11.9 Å². The molecule has 0 aliphatic heterocycles. The Morgan fingerprint density at radius 3 is 2.34 bits per heavy atom. The van der Waals surface area contributed by atoms with Crippen LogP contribution in [0, 0.1) is 0 Å². The molecule has 170 valence electrons. The second kappa shape index (κ2) is 11.0. The minimum atomic E-state index is -4.06. The van der Waals surface area contributed by atoms with Crippen molar-refractivity contribution in [1.29, 1.82) is 0 Å². The number of amides is 1. The van der Waals surface area contributed by atoms with Crippen LogP contribution in [-0.2, 0) is 35.6 Å². The average molecular weight is 462 g/mol. The Labute approximate surface area is 184 Å². The van der Waals surface area contributed by atoms with Crippen molar-refractivity contribution in [3.05, 3.63) is 59.7 Å². The fraction of sp³-hybridized carbons (Fsp3) is 0.190. The molecule has 0 atom stereocenters. The van der Waals surface area contributed by atoms with E-state index < -0.39 is 22.0 Å². The average Bonchev–Trinajstić information content (AvgIpc) is 2.77. The maximum Gasteiger partial charge on any atom is 0.328 e. The molecule has 1 amide bonds. The first-order valence-corrected chi connectivity index (χ1v) is 10.7. The summed E-state index contributed by atoms with van der Waals surface area (Å²) in [7, 11) is -1.53. The zero-order valence-electron chi connectivity index (χ0n) is 17.3. The van der Waals surface area contributed by atoms with E-state index >= 15 is 0 Å². The van der Waals surface area contributed by atoms with Crippen LogP contribution >= 0.6 is 0 Å². The summed E-state index contributed by atoms with van der Waals surface area (Å²) >= 11 is 0. The summed E-state index contributed by atoms with van der Waals surface area (Å²) < 4.78 is 37.7. The summed E-state index contributed by atoms with van der Waals surface area (Å²) in [6.07, 6.45) is 2.16. The van der Waals surface area contributed by atoms with Crippen LogP contribution in [0.25, 0.3) is 6.08 Å². The number of carbonyl (C=O) groups excluding carboxylic acids is 2. The predicted molar refractivity (Wildman–Crippen MR) is 116 cm³/mol. The Hall–Kier alpha value is -3.86. The molecule has 0 spiro atoms. The smallest absolute Gasteiger partial charge is 0.328 e. The molecule has 0 heterocycles. The molecule has 0 unspecified atom stereocenters. The summed E-state index contributed by atoms with van der Waals surface area (Å²) in [5.74, 6) is -2.04. The molecule has 2 aromatic carbocycles. The van der Waals surface area contributed by atoms with Gasteiger partial charge in [-0.1, -0.05) is 18.2 Å². The highest BCUT2D eigenvalue weighted by atomic mass is 32.2. The maximum atomic E-state index is 12.9. The molecule has 0 saturated carbocycles. The first-order valence-electron chi connectivity index (χ1n) is 9.19. The molecule has 0 aliphatic rings. The number of ether oxygens (including phenoxy) is 2. The molecule has 0 saturated heterocycles. The normalized spacial score (nSPS) is 11.1. The van der Waals surface area contributed by atoms with Crippen LogP contribution in [-0.4, -0.2) is 52.1 Å². The number of carboxylic acids is 1. The zero-order valence-corrected chi connectivity index (χ0v) is 18.1. The molecule has 11 heteroatoms. The van der Waals surface area contributed by atoms with Crippen molar-refractivity contribution < 1.29 is 37.4 Å². The number of methoxy groups -OCH3 is 2. The van der Waals surface area contributed by atoms with Gasteiger partial charge in [0.05, 0.1) is 20.6 Å². The van der Waals surface area contributed by atoms with Gasteiger partial charge in [-0.05, 0) is 41.5 Å². The monoisotopic (exact) mass is 462 g/mol. The van der Waals surface area contributed by atoms with Crippen molar-refractivity contribution in [2.45, 2.75) is 11.3 Å². The Balaban J connectivity index is 2.14. The van der Waals surface area contributed by atoms with Gasteiger partial charge in [-0.2, -0.15) is 0 Å². The van der Waals surface area contributed by atoms with Gasteiger partial charge in [-0.15, -0.1) is 0 Å². The molecule has 2 aromatic rings. The summed E-state index contributed by atoms with van der Waals surface area (Å²) in [4.78, 5) is 33.4. The molecular weight excluding hydrogens is 440 g/mol. The van der Waals surface area contributed by atoms with Gasteiger partial charge in [-0.3, -0.25) is 14.3 Å². The summed E-state index contributed by atoms with van der Waals surface area (Å²) in [5.41, 5.74) is 1.22. The van der Waals surface area contributed by atoms with Gasteiger partial charge in [-0.25, -0.2) is 13.2 Å². The number of rotatable bonds is 10. The number of esters is 1. The van der Waals surface area contributed by atoms with Crippen LogP contribution in [0.1, 0.15) is 11.1 Å². The number of sulfonamides is 1. The van der Waals surface area contributed by atoms with Gasteiger partial charge in [0.15, 0.2) is 0 Å². The molecule has 0 aliphatic carbocycles. The van der Waals surface area contributed by atoms with Crippen LogP contribution < -0.4 is 14.8 Å². The van der Waals surface area contributed by atoms with Gasteiger partial charge in [0, 0.05) is 11.8 Å². The Bertz CT molecular complexity index is 1120. The van der Waals surface area contributed by atoms with Crippen molar-refractivity contribution in [2.75, 3.05) is 25.5 Å². The standard InChI is InChI=1S/C21H22N2O8S/c1-30-17-9-5-14(6-10-20(25)26)11-18(17)32(28,29)23-16-7-3-15(4-8-16)12-19(24)22-13-21(27)31-2/h3-11,23H,12-13H2,1-2H3,(H,22,24)(H,25,26)/b10-6+. The number of hydrogen-bond donors (Lipinski definition) is 3. The second-order valence-electron chi connectivity index (χ2n) is 6.41. The lowest BCUT2D eigenvalue weighted by Gasteiger charge is -2.13. The third-order valence-electron chi connectivity index (χ3n) is 4.12. The summed E-state index contributed by atoms with van der Waals surface area (Å²) in [6, 6.07) is 10.4. The fourth-order valence-electron chi connectivity index (χ4n) is 2.57. The minimum Gasteiger partial charge on any atom is -0.495 e. The van der Waals surface area contributed by atoms with E-state index in [0.717, 1.165) is 6.08 Å². The van der Waals surface area contributed by atoms with Crippen LogP contribution in [0.4, 0.5) is 5.69 Å². The maximum absolute atomic E-state index is 12.9. The van der Waals surface area contributed by atoms with Crippen LogP contribution in [0.15, 0.2) is 53.4 Å². The van der Waals surface area contributed by atoms with E-state index in [1.54, 1.807) is 12.1 Å². The SMILES string of the molecule is COC(=O)CNC(=O)Cc1ccc(NS(=O)(=O)c2cc(/C=C/C(=O)O)ccc2OC)cc1. The number of aliphatic carboxylic acids is 1. The molecule has 32 heavy (non-hydrogen) atoms. The lowest BCUT2D eigenvalue weighted by atomic mass is 10.1. The first kappa shape index (κ1) is 24.4. The molecule has 0 aromatic heterocycles. The van der Waals surface area contributed by atoms with E-state index in [0.29, 0.717) is 11.1 Å². The Morgan fingerprint density at radius 1 is 1.06 bits per heavy atom. The highest BCUT2D eigenvalue weighted by Gasteiger charge is 2.20. The fourth-order valence-corrected chi connectivity index (χ4v) is 3.83. The van der Waals surface area contributed by atoms with Crippen molar-refractivity contribution in [3.8, 4) is 5.75 Å². The van der Waals surface area contributed by atoms with Crippen molar-refractivity contribution in [2.24, 2.45) is 0 Å². The summed E-state index contributed by atoms with van der Waals surface area (Å²) in [5, 5.41) is 11.2. The van der Waals surface area contributed by atoms with Crippen LogP contribution in [0.3, 0.4) is 0 Å². The van der Waals surface area contributed by atoms with E-state index in [1.807, 2.05) is 0 Å². The molecule has 10 nitrogen and oxygen atoms in total. The number of anilines is 1. The van der Waals surface area contributed by atoms with E-state index in [9.17, 15) is 22.8 Å². The number of carbonyl (C=O) groups is 3. The molecule has 0 bridgehead atoms. The zero-order chi connectivity index (χ0) is 23.7. The van der Waals surface area contributed by atoms with E-state index in [2.05, 4.69) is 14.8 Å². The quantitative estimate of drug-likeness (QED) is 0.355. The van der Waals surface area contributed by atoms with Gasteiger partial charge < -0.3 is 19.9 Å². The predicted octanol–water partition coefficient (Wildman–Crippen LogP) is 1.43. The largest absolute Gasteiger partial charge is 0.495 e. The van der Waals surface area contributed by atoms with Crippen LogP contribution in [0.2, 0.25) is 0 Å². The number of nitrogens with one attached hydrogen (secondary N) is 2. The third kappa shape index (κ3) is 7.13. The second-order valence-corrected chi connectivity index (χ2v) is 8.06. The number of hydrogen-bond acceptors (Lipinski definition) is 7. The lowest BCUT2D eigenvalue weighted by molar-refractivity contribution is -0.141. The van der Waals surface area contributed by atoms with E-state index in [-0.39, 0.29) is 35.2 Å². The Morgan fingerprint density at radius 2 is 1.75 bits per heavy atom. The number of benzene rings is 2. The van der Waals surface area contributed by atoms with E-state index in [1.165, 1.54) is 50.6 Å². The summed E-state index contributed by atoms with van der Waals surface area (Å²) in [6.45, 7) is -0.240. The first-order chi connectivity index (χ1) is 15.1. The molecule has 3 N–H and O–H groups in total. The lowest BCUT2D eigenvalue weighted by Crippen LogP contribution is -2.31. The molecule has 0 radical (unpaired) electrons. The van der Waals surface area contributed by atoms with Crippen molar-refractivity contribution in [1.82, 2.24) is 5.32 Å². The highest BCUT2D eigenvalue weighted by molar-refractivity contribution is 7.92. The molecular formula is C21H22N2O8S. The van der Waals surface area contributed by atoms with Gasteiger partial charge in [0.25, 0.3) is 10.0 Å². The Kier molecular flexibility index (Phi) is 8.36. The van der Waals surface area contributed by atoms with Crippen LogP contribution in [0.5, 0.6) is 5.75 Å². The third-order valence-corrected chi connectivity index (χ3v) is 5.53. The topological polar surface area (TPSA) is 148 Å².